The van der Waals surface area contributed by atoms with E-state index < -0.39 is 0 Å². The van der Waals surface area contributed by atoms with E-state index in [-0.39, 0.29) is 29.7 Å². The van der Waals surface area contributed by atoms with Gasteiger partial charge in [0.1, 0.15) is 0 Å². The molecule has 1 fully saturated rings. The van der Waals surface area contributed by atoms with Gasteiger partial charge in [0.05, 0.1) is 25.0 Å². The molecule has 0 radical (unpaired) electrons. The fraction of sp³-hybridized carbons (Fsp3) is 0.846. The van der Waals surface area contributed by atoms with E-state index in [1.165, 1.54) is 0 Å². The highest BCUT2D eigenvalue weighted by Gasteiger charge is 2.43. The van der Waals surface area contributed by atoms with Crippen molar-refractivity contribution in [1.82, 2.24) is 0 Å². The molecule has 0 aliphatic carbocycles. The zero-order valence-corrected chi connectivity index (χ0v) is 11.3. The van der Waals surface area contributed by atoms with Crippen molar-refractivity contribution in [3.63, 3.8) is 0 Å². The number of hydrogen-bond donors (Lipinski definition) is 0. The molecule has 0 aromatic heterocycles. The maximum absolute atomic E-state index is 11.6. The minimum atomic E-state index is -0.379. The van der Waals surface area contributed by atoms with Crippen LogP contribution >= 0.6 is 0 Å². The Labute approximate surface area is 108 Å². The monoisotopic (exact) mass is 258 g/mol. The van der Waals surface area contributed by atoms with Crippen LogP contribution in [0.3, 0.4) is 0 Å². The number of carbonyl (C=O) groups excluding carboxylic acids is 2. The summed E-state index contributed by atoms with van der Waals surface area (Å²) in [5.41, 5.74) is 0. The van der Waals surface area contributed by atoms with E-state index in [0.29, 0.717) is 32.7 Å². The van der Waals surface area contributed by atoms with Crippen molar-refractivity contribution in [2.45, 2.75) is 26.7 Å². The number of esters is 2. The first-order chi connectivity index (χ1) is 8.60. The summed E-state index contributed by atoms with van der Waals surface area (Å²) in [6.45, 7) is 5.59. The Morgan fingerprint density at radius 3 is 2.50 bits per heavy atom. The lowest BCUT2D eigenvalue weighted by Crippen LogP contribution is -2.22. The Hall–Kier alpha value is -0.940. The van der Waals surface area contributed by atoms with Gasteiger partial charge in [0.25, 0.3) is 0 Å². The molecule has 0 bridgehead atoms. The fourth-order valence-electron chi connectivity index (χ4n) is 2.22. The van der Waals surface area contributed by atoms with Crippen LogP contribution in [0.25, 0.3) is 0 Å². The molecule has 1 rings (SSSR count). The fourth-order valence-corrected chi connectivity index (χ4v) is 2.22. The zero-order valence-electron chi connectivity index (χ0n) is 11.3. The van der Waals surface area contributed by atoms with Crippen molar-refractivity contribution in [2.24, 2.45) is 17.8 Å². The normalized spacial score (nSPS) is 25.3. The van der Waals surface area contributed by atoms with Crippen LogP contribution in [0.15, 0.2) is 0 Å². The van der Waals surface area contributed by atoms with E-state index in [9.17, 15) is 9.59 Å². The maximum atomic E-state index is 11.6. The summed E-state index contributed by atoms with van der Waals surface area (Å²) in [6.07, 6.45) is 1.28. The van der Waals surface area contributed by atoms with E-state index in [4.69, 9.17) is 9.47 Å². The van der Waals surface area contributed by atoms with Gasteiger partial charge in [-0.15, -0.1) is 0 Å². The van der Waals surface area contributed by atoms with Gasteiger partial charge in [-0.1, -0.05) is 13.8 Å². The second kappa shape index (κ2) is 7.48. The molecule has 0 amide bonds. The molecule has 1 aliphatic rings. The molecular weight excluding hydrogens is 236 g/mol. The lowest BCUT2D eigenvalue weighted by atomic mass is 9.85. The van der Waals surface area contributed by atoms with Crippen LogP contribution in [-0.4, -0.2) is 38.9 Å². The van der Waals surface area contributed by atoms with Gasteiger partial charge < -0.3 is 14.2 Å². The molecule has 5 heteroatoms. The molecule has 18 heavy (non-hydrogen) atoms. The third-order valence-electron chi connectivity index (χ3n) is 3.22. The number of rotatable bonds is 8. The van der Waals surface area contributed by atoms with Crippen LogP contribution in [0, 0.1) is 17.8 Å². The van der Waals surface area contributed by atoms with Crippen molar-refractivity contribution in [1.29, 1.82) is 0 Å². The van der Waals surface area contributed by atoms with Gasteiger partial charge >= 0.3 is 11.9 Å². The quantitative estimate of drug-likeness (QED) is 0.374. The van der Waals surface area contributed by atoms with Gasteiger partial charge in [-0.2, -0.15) is 0 Å². The third-order valence-corrected chi connectivity index (χ3v) is 3.22. The first-order valence-electron chi connectivity index (χ1n) is 6.42. The molecule has 1 saturated heterocycles. The summed E-state index contributed by atoms with van der Waals surface area (Å²) in [4.78, 5) is 23.0. The summed E-state index contributed by atoms with van der Waals surface area (Å²) in [6, 6.07) is 0. The zero-order chi connectivity index (χ0) is 13.5. The smallest absolute Gasteiger partial charge is 0.317 e. The first-order valence-corrected chi connectivity index (χ1v) is 6.42. The Balaban J connectivity index is 2.35. The molecule has 0 N–H and O–H groups in total. The van der Waals surface area contributed by atoms with Crippen molar-refractivity contribution in [3.05, 3.63) is 0 Å². The van der Waals surface area contributed by atoms with Crippen LogP contribution in [-0.2, 0) is 23.8 Å². The van der Waals surface area contributed by atoms with Crippen LogP contribution in [0.4, 0.5) is 0 Å². The van der Waals surface area contributed by atoms with Crippen molar-refractivity contribution < 1.29 is 23.8 Å². The summed E-state index contributed by atoms with van der Waals surface area (Å²) in [5, 5.41) is 0. The van der Waals surface area contributed by atoms with Gasteiger partial charge in [-0.25, -0.2) is 0 Å². The molecular formula is C13H22O5. The first kappa shape index (κ1) is 15.1. The van der Waals surface area contributed by atoms with Crippen LogP contribution in [0.2, 0.25) is 0 Å². The lowest BCUT2D eigenvalue weighted by Gasteiger charge is -2.17. The molecule has 3 unspecified atom stereocenters. The van der Waals surface area contributed by atoms with Gasteiger partial charge in [0.15, 0.2) is 0 Å². The van der Waals surface area contributed by atoms with Crippen molar-refractivity contribution in [2.75, 3.05) is 26.9 Å². The van der Waals surface area contributed by atoms with Gasteiger partial charge in [0.2, 0.25) is 0 Å². The van der Waals surface area contributed by atoms with Crippen LogP contribution in [0.1, 0.15) is 26.7 Å². The van der Waals surface area contributed by atoms with Gasteiger partial charge in [-0.3, -0.25) is 9.59 Å². The largest absolute Gasteiger partial charge is 0.393 e. The predicted octanol–water partition coefficient (Wildman–Crippen LogP) is 1.40. The minimum Gasteiger partial charge on any atom is -0.393 e. The molecule has 104 valence electrons. The average molecular weight is 258 g/mol. The molecule has 5 nitrogen and oxygen atoms in total. The van der Waals surface area contributed by atoms with Crippen molar-refractivity contribution >= 4 is 11.9 Å². The Bertz CT molecular complexity index is 289. The average Bonchev–Trinajstić information content (AvgIpc) is 2.59. The van der Waals surface area contributed by atoms with Gasteiger partial charge in [0, 0.05) is 13.7 Å². The molecule has 3 atom stereocenters. The lowest BCUT2D eigenvalue weighted by molar-refractivity contribution is -0.154. The summed E-state index contributed by atoms with van der Waals surface area (Å²) in [5.74, 6) is -1.11. The summed E-state index contributed by atoms with van der Waals surface area (Å²) >= 11 is 0. The second-order valence-electron chi connectivity index (χ2n) is 4.77. The molecule has 0 aromatic rings. The molecule has 1 heterocycles. The highest BCUT2D eigenvalue weighted by molar-refractivity contribution is 5.96. The van der Waals surface area contributed by atoms with Crippen molar-refractivity contribution in [3.8, 4) is 0 Å². The Morgan fingerprint density at radius 1 is 1.22 bits per heavy atom. The number of cyclic esters (lactones) is 2. The van der Waals surface area contributed by atoms with E-state index in [1.54, 1.807) is 7.11 Å². The third kappa shape index (κ3) is 4.07. The predicted molar refractivity (Wildman–Crippen MR) is 64.8 cm³/mol. The minimum absolute atomic E-state index is 0.222. The topological polar surface area (TPSA) is 61.8 Å². The number of methoxy groups -OCH3 is 1. The standard InChI is InChI=1S/C13H22O5/c1-4-10-11(13(15)18-12(10)14)7-9(2)8-17-6-5-16-3/h9-11H,4-8H2,1-3H3. The van der Waals surface area contributed by atoms with Crippen LogP contribution in [0.5, 0.6) is 0 Å². The number of carbonyl (C=O) groups is 2. The van der Waals surface area contributed by atoms with E-state index in [1.807, 2.05) is 13.8 Å². The number of ether oxygens (including phenoxy) is 3. The SMILES string of the molecule is CCC1C(=O)OC(=O)C1CC(C)COCCOC. The molecule has 0 spiro atoms. The summed E-state index contributed by atoms with van der Waals surface area (Å²) < 4.78 is 15.0. The van der Waals surface area contributed by atoms with Crippen LogP contribution < -0.4 is 0 Å². The Morgan fingerprint density at radius 2 is 1.89 bits per heavy atom. The van der Waals surface area contributed by atoms with E-state index >= 15 is 0 Å². The summed E-state index contributed by atoms with van der Waals surface area (Å²) in [7, 11) is 1.62. The highest BCUT2D eigenvalue weighted by Crippen LogP contribution is 2.31. The number of hydrogen-bond acceptors (Lipinski definition) is 5. The molecule has 1 aliphatic heterocycles. The van der Waals surface area contributed by atoms with Gasteiger partial charge in [-0.05, 0) is 18.8 Å². The van der Waals surface area contributed by atoms with E-state index in [2.05, 4.69) is 4.74 Å². The highest BCUT2D eigenvalue weighted by atomic mass is 16.6. The van der Waals surface area contributed by atoms with E-state index in [0.717, 1.165) is 0 Å². The Kier molecular flexibility index (Phi) is 6.29. The maximum Gasteiger partial charge on any atom is 0.317 e. The molecule has 0 saturated carbocycles. The second-order valence-corrected chi connectivity index (χ2v) is 4.77. The molecule has 0 aromatic carbocycles.